The summed E-state index contributed by atoms with van der Waals surface area (Å²) in [6, 6.07) is -0.882. The molecule has 19 nitrogen and oxygen atoms in total. The highest BCUT2D eigenvalue weighted by atomic mass is 16.8. The van der Waals surface area contributed by atoms with Gasteiger partial charge in [0.05, 0.1) is 38.6 Å². The van der Waals surface area contributed by atoms with E-state index in [9.17, 15) is 61.0 Å². The number of rotatable bonds is 56. The monoisotopic (exact) mass is 1260 g/mol. The van der Waals surface area contributed by atoms with Crippen LogP contribution in [0.5, 0.6) is 0 Å². The molecule has 0 bridgehead atoms. The molecule has 3 rings (SSSR count). The molecule has 3 aliphatic rings. The van der Waals surface area contributed by atoms with E-state index in [1.807, 2.05) is 0 Å². The molecule has 17 atom stereocenters. The average molecular weight is 1260 g/mol. The fourth-order valence-corrected chi connectivity index (χ4v) is 12.5. The van der Waals surface area contributed by atoms with Gasteiger partial charge in [0.2, 0.25) is 5.91 Å². The van der Waals surface area contributed by atoms with Gasteiger partial charge in [-0.05, 0) is 38.5 Å². The van der Waals surface area contributed by atoms with Crippen LogP contribution in [0.3, 0.4) is 0 Å². The van der Waals surface area contributed by atoms with Gasteiger partial charge in [-0.25, -0.2) is 0 Å². The highest BCUT2D eigenvalue weighted by Crippen LogP contribution is 2.33. The van der Waals surface area contributed by atoms with E-state index >= 15 is 0 Å². The molecule has 1 amide bonds. The first kappa shape index (κ1) is 80.8. The molecule has 17 unspecified atom stereocenters. The Morgan fingerprint density at radius 3 is 1.10 bits per heavy atom. The van der Waals surface area contributed by atoms with Crippen molar-refractivity contribution in [2.45, 2.75) is 394 Å². The Balaban J connectivity index is 1.34. The maximum atomic E-state index is 13.4. The van der Waals surface area contributed by atoms with E-state index in [0.29, 0.717) is 12.8 Å². The summed E-state index contributed by atoms with van der Waals surface area (Å²) in [5.74, 6) is -0.238. The van der Waals surface area contributed by atoms with Gasteiger partial charge in [-0.3, -0.25) is 4.79 Å². The van der Waals surface area contributed by atoms with Gasteiger partial charge in [0, 0.05) is 6.42 Å². The minimum absolute atomic E-state index is 0.238. The van der Waals surface area contributed by atoms with Gasteiger partial charge in [-0.1, -0.05) is 257 Å². The Morgan fingerprint density at radius 2 is 0.716 bits per heavy atom. The molecule has 520 valence electrons. The van der Waals surface area contributed by atoms with E-state index < -0.39 is 124 Å². The Bertz CT molecular complexity index is 1650. The number of aliphatic hydroxyl groups is 11. The Hall–Kier alpha value is -1.47. The van der Waals surface area contributed by atoms with E-state index in [2.05, 4.69) is 31.3 Å². The van der Waals surface area contributed by atoms with Crippen molar-refractivity contribution in [2.75, 3.05) is 26.4 Å². The predicted octanol–water partition coefficient (Wildman–Crippen LogP) is 9.67. The van der Waals surface area contributed by atoms with E-state index in [-0.39, 0.29) is 18.9 Å². The molecule has 0 spiro atoms. The average Bonchev–Trinajstić information content (AvgIpc) is 1.54. The molecule has 3 fully saturated rings. The summed E-state index contributed by atoms with van der Waals surface area (Å²) in [6.07, 6.45) is 30.3. The van der Waals surface area contributed by atoms with Gasteiger partial charge in [-0.2, -0.15) is 0 Å². The largest absolute Gasteiger partial charge is 0.394 e. The predicted molar refractivity (Wildman–Crippen MR) is 342 cm³/mol. The summed E-state index contributed by atoms with van der Waals surface area (Å²) in [5, 5.41) is 121. The molecule has 3 aliphatic heterocycles. The van der Waals surface area contributed by atoms with Crippen LogP contribution >= 0.6 is 0 Å². The fourth-order valence-electron chi connectivity index (χ4n) is 12.5. The van der Waals surface area contributed by atoms with Gasteiger partial charge in [0.1, 0.15) is 73.2 Å². The van der Waals surface area contributed by atoms with Gasteiger partial charge in [0.15, 0.2) is 18.9 Å². The highest BCUT2D eigenvalue weighted by molar-refractivity contribution is 5.76. The van der Waals surface area contributed by atoms with Gasteiger partial charge in [0.25, 0.3) is 0 Å². The second-order valence-corrected chi connectivity index (χ2v) is 26.1. The summed E-state index contributed by atoms with van der Waals surface area (Å²) in [5.41, 5.74) is 0. The first-order valence-electron chi connectivity index (χ1n) is 35.9. The van der Waals surface area contributed by atoms with Crippen LogP contribution < -0.4 is 5.32 Å². The zero-order valence-electron chi connectivity index (χ0n) is 55.0. The van der Waals surface area contributed by atoms with Crippen molar-refractivity contribution < 1.29 is 89.4 Å². The lowest BCUT2D eigenvalue weighted by Crippen LogP contribution is -2.66. The first-order chi connectivity index (χ1) is 42.8. The van der Waals surface area contributed by atoms with Crippen molar-refractivity contribution in [1.82, 2.24) is 5.32 Å². The quantitative estimate of drug-likeness (QED) is 0.0199. The number of amides is 1. The molecular weight excluding hydrogens is 1130 g/mol. The SMILES string of the molecule is CCCCCCCCCC/C=C\CCCCCCCCCCCCCCCCCCCCCC(=O)NC(COC1OC(CO)C(OC2OC(CO)C(OC3OC(CO)C(O)C(O)C3O)C(O)C2O)C(O)C1O)C(O)CCCCCCCCCCCCCC. The van der Waals surface area contributed by atoms with Gasteiger partial charge >= 0.3 is 0 Å². The fraction of sp³-hybridized carbons (Fsp3) is 0.957. The molecular formula is C69H131NO18. The number of carbonyl (C=O) groups is 1. The van der Waals surface area contributed by atoms with Crippen molar-refractivity contribution in [3.05, 3.63) is 12.2 Å². The third-order valence-corrected chi connectivity index (χ3v) is 18.3. The lowest BCUT2D eigenvalue weighted by atomic mass is 9.96. The topological polar surface area (TPSA) is 307 Å². The Labute approximate surface area is 531 Å². The van der Waals surface area contributed by atoms with E-state index in [1.165, 1.54) is 212 Å². The number of nitrogens with one attached hydrogen (secondary N) is 1. The molecule has 0 radical (unpaired) electrons. The van der Waals surface area contributed by atoms with Crippen molar-refractivity contribution >= 4 is 5.91 Å². The second-order valence-electron chi connectivity index (χ2n) is 26.1. The minimum Gasteiger partial charge on any atom is -0.394 e. The number of hydrogen-bond acceptors (Lipinski definition) is 18. The second kappa shape index (κ2) is 51.9. The van der Waals surface area contributed by atoms with Crippen molar-refractivity contribution in [1.29, 1.82) is 0 Å². The lowest BCUT2D eigenvalue weighted by molar-refractivity contribution is -0.379. The normalized spacial score (nSPS) is 28.4. The molecule has 0 aliphatic carbocycles. The Morgan fingerprint density at radius 1 is 0.398 bits per heavy atom. The third-order valence-electron chi connectivity index (χ3n) is 18.3. The first-order valence-corrected chi connectivity index (χ1v) is 35.9. The van der Waals surface area contributed by atoms with Crippen LogP contribution in [0.1, 0.15) is 290 Å². The van der Waals surface area contributed by atoms with Crippen molar-refractivity contribution in [3.8, 4) is 0 Å². The van der Waals surface area contributed by atoms with Crippen LogP contribution in [-0.2, 0) is 33.2 Å². The number of hydrogen-bond donors (Lipinski definition) is 12. The maximum Gasteiger partial charge on any atom is 0.220 e. The summed E-state index contributed by atoms with van der Waals surface area (Å²) in [7, 11) is 0. The number of allylic oxidation sites excluding steroid dienone is 2. The van der Waals surface area contributed by atoms with Crippen LogP contribution in [0, 0.1) is 0 Å². The number of unbranched alkanes of at least 4 members (excludes halogenated alkanes) is 38. The van der Waals surface area contributed by atoms with E-state index in [4.69, 9.17) is 28.4 Å². The van der Waals surface area contributed by atoms with Crippen LogP contribution in [0.15, 0.2) is 12.2 Å². The third kappa shape index (κ3) is 33.6. The zero-order valence-corrected chi connectivity index (χ0v) is 55.0. The molecule has 12 N–H and O–H groups in total. The van der Waals surface area contributed by atoms with Crippen LogP contribution in [0.4, 0.5) is 0 Å². The highest BCUT2D eigenvalue weighted by Gasteiger charge is 2.53. The zero-order chi connectivity index (χ0) is 64.0. The molecule has 88 heavy (non-hydrogen) atoms. The van der Waals surface area contributed by atoms with Crippen LogP contribution in [0.2, 0.25) is 0 Å². The standard InChI is InChI=1S/C69H131NO18/c1-3-5-7-9-11-13-15-17-18-19-20-21-22-23-24-25-26-27-28-29-30-31-32-33-34-35-37-39-41-43-45-47-57(75)70-52(53(74)46-44-42-40-38-36-16-14-12-10-8-6-4-2)51-83-67-63(81)60(78)65(55(49-72)85-67)88-69-64(82)61(79)66(56(50-73)86-69)87-68-62(80)59(77)58(76)54(48-71)84-68/h19-20,52-56,58-69,71-74,76-82H,3-18,21-51H2,1-2H3,(H,70,75)/b20-19-. The molecule has 3 saturated heterocycles. The molecule has 19 heteroatoms. The smallest absolute Gasteiger partial charge is 0.220 e. The lowest BCUT2D eigenvalue weighted by Gasteiger charge is -2.48. The summed E-state index contributed by atoms with van der Waals surface area (Å²) < 4.78 is 34.4. The molecule has 3 heterocycles. The van der Waals surface area contributed by atoms with Crippen LogP contribution in [-0.4, -0.2) is 193 Å². The minimum atomic E-state index is -1.97. The summed E-state index contributed by atoms with van der Waals surface area (Å²) >= 11 is 0. The number of carbonyl (C=O) groups excluding carboxylic acids is 1. The molecule has 0 saturated carbocycles. The van der Waals surface area contributed by atoms with Gasteiger partial charge in [-0.15, -0.1) is 0 Å². The molecule has 0 aromatic heterocycles. The Kier molecular flexibility index (Phi) is 47.6. The van der Waals surface area contributed by atoms with Crippen LogP contribution in [0.25, 0.3) is 0 Å². The number of aliphatic hydroxyl groups excluding tert-OH is 11. The maximum absolute atomic E-state index is 13.4. The molecule has 0 aromatic carbocycles. The summed E-state index contributed by atoms with van der Waals surface area (Å²) in [4.78, 5) is 13.4. The summed E-state index contributed by atoms with van der Waals surface area (Å²) in [6.45, 7) is 1.81. The van der Waals surface area contributed by atoms with Gasteiger partial charge < -0.3 is 89.9 Å². The number of ether oxygens (including phenoxy) is 6. The van der Waals surface area contributed by atoms with Crippen molar-refractivity contribution in [2.24, 2.45) is 0 Å². The van der Waals surface area contributed by atoms with Crippen molar-refractivity contribution in [3.63, 3.8) is 0 Å². The molecule has 0 aromatic rings. The van der Waals surface area contributed by atoms with E-state index in [0.717, 1.165) is 44.9 Å². The van der Waals surface area contributed by atoms with E-state index in [1.54, 1.807) is 0 Å².